The van der Waals surface area contributed by atoms with Crippen LogP contribution < -0.4 is 5.32 Å². The normalized spacial score (nSPS) is 10.3. The molecular weight excluding hydrogens is 338 g/mol. The van der Waals surface area contributed by atoms with Crippen molar-refractivity contribution in [2.75, 3.05) is 0 Å². The van der Waals surface area contributed by atoms with Crippen LogP contribution in [0.2, 0.25) is 5.02 Å². The molecule has 2 nitrogen and oxygen atoms in total. The lowest BCUT2D eigenvalue weighted by Gasteiger charge is -2.10. The van der Waals surface area contributed by atoms with E-state index < -0.39 is 0 Å². The fourth-order valence-corrected chi connectivity index (χ4v) is 2.88. The summed E-state index contributed by atoms with van der Waals surface area (Å²) < 4.78 is 0.700. The molecule has 0 radical (unpaired) electrons. The molecule has 0 atom stereocenters. The molecule has 2 aromatic rings. The number of amides is 1. The van der Waals surface area contributed by atoms with E-state index in [-0.39, 0.29) is 5.91 Å². The predicted octanol–water partition coefficient (Wildman–Crippen LogP) is 4.59. The van der Waals surface area contributed by atoms with Gasteiger partial charge >= 0.3 is 0 Å². The largest absolute Gasteiger partial charge is 0.348 e. The van der Waals surface area contributed by atoms with E-state index in [2.05, 4.69) is 34.2 Å². The quantitative estimate of drug-likeness (QED) is 0.856. The highest BCUT2D eigenvalue weighted by Crippen LogP contribution is 2.21. The Balaban J connectivity index is 2.09. The molecule has 4 heteroatoms. The number of halogens is 2. The zero-order valence-corrected chi connectivity index (χ0v) is 13.5. The number of hydrogen-bond donors (Lipinski definition) is 1. The highest BCUT2D eigenvalue weighted by atomic mass is 79.9. The minimum Gasteiger partial charge on any atom is -0.348 e. The van der Waals surface area contributed by atoms with Crippen LogP contribution in [-0.2, 0) is 13.0 Å². The molecule has 0 bridgehead atoms. The Morgan fingerprint density at radius 2 is 1.90 bits per heavy atom. The van der Waals surface area contributed by atoms with Crippen LogP contribution in [0, 0.1) is 0 Å². The van der Waals surface area contributed by atoms with Gasteiger partial charge in [0.15, 0.2) is 0 Å². The summed E-state index contributed by atoms with van der Waals surface area (Å²) in [4.78, 5) is 12.2. The summed E-state index contributed by atoms with van der Waals surface area (Å²) in [5.74, 6) is -0.112. The number of carbonyl (C=O) groups is 1. The average Bonchev–Trinajstić information content (AvgIpc) is 2.45. The Hall–Kier alpha value is -1.32. The van der Waals surface area contributed by atoms with E-state index >= 15 is 0 Å². The first kappa shape index (κ1) is 15.1. The highest BCUT2D eigenvalue weighted by Gasteiger charge is 2.10. The summed E-state index contributed by atoms with van der Waals surface area (Å²) in [6.07, 6.45) is 0.955. The third-order valence-corrected chi connectivity index (χ3v) is 4.01. The van der Waals surface area contributed by atoms with Crippen LogP contribution in [0.5, 0.6) is 0 Å². The van der Waals surface area contributed by atoms with Gasteiger partial charge < -0.3 is 5.32 Å². The third-order valence-electron chi connectivity index (χ3n) is 3.11. The molecule has 0 heterocycles. The summed E-state index contributed by atoms with van der Waals surface area (Å²) in [6.45, 7) is 2.63. The van der Waals surface area contributed by atoms with Gasteiger partial charge in [-0.3, -0.25) is 4.79 Å². The van der Waals surface area contributed by atoms with Gasteiger partial charge in [-0.2, -0.15) is 0 Å². The average molecular weight is 353 g/mol. The molecule has 2 rings (SSSR count). The van der Waals surface area contributed by atoms with Crippen molar-refractivity contribution in [3.63, 3.8) is 0 Å². The van der Waals surface area contributed by atoms with E-state index in [4.69, 9.17) is 11.6 Å². The number of benzene rings is 2. The zero-order valence-electron chi connectivity index (χ0n) is 11.1. The lowest BCUT2D eigenvalue weighted by Crippen LogP contribution is -2.23. The van der Waals surface area contributed by atoms with Crippen molar-refractivity contribution in [1.82, 2.24) is 5.32 Å². The molecule has 0 saturated heterocycles. The summed E-state index contributed by atoms with van der Waals surface area (Å²) in [7, 11) is 0. The molecular formula is C16H15BrClNO. The van der Waals surface area contributed by atoms with E-state index in [1.165, 1.54) is 5.56 Å². The van der Waals surface area contributed by atoms with Gasteiger partial charge in [-0.05, 0) is 51.7 Å². The molecule has 0 unspecified atom stereocenters. The standard InChI is InChI=1S/C16H15BrClNO/c1-2-11-5-3-4-6-12(11)10-19-16(20)14-8-7-13(18)9-15(14)17/h3-9H,2,10H2,1H3,(H,19,20). The van der Waals surface area contributed by atoms with Gasteiger partial charge in [-0.15, -0.1) is 0 Å². The minimum atomic E-state index is -0.112. The van der Waals surface area contributed by atoms with Gasteiger partial charge in [0.05, 0.1) is 5.56 Å². The second kappa shape index (κ2) is 6.91. The van der Waals surface area contributed by atoms with Crippen molar-refractivity contribution >= 4 is 33.4 Å². The van der Waals surface area contributed by atoms with Gasteiger partial charge in [0.1, 0.15) is 0 Å². The van der Waals surface area contributed by atoms with Crippen molar-refractivity contribution in [2.45, 2.75) is 19.9 Å². The van der Waals surface area contributed by atoms with E-state index in [9.17, 15) is 4.79 Å². The van der Waals surface area contributed by atoms with Gasteiger partial charge in [0, 0.05) is 16.0 Å². The van der Waals surface area contributed by atoms with Crippen LogP contribution in [0.4, 0.5) is 0 Å². The molecule has 0 fully saturated rings. The number of carbonyl (C=O) groups excluding carboxylic acids is 1. The summed E-state index contributed by atoms with van der Waals surface area (Å²) >= 11 is 9.23. The fourth-order valence-electron chi connectivity index (χ4n) is 2.02. The monoisotopic (exact) mass is 351 g/mol. The van der Waals surface area contributed by atoms with E-state index in [0.717, 1.165) is 12.0 Å². The fraction of sp³-hybridized carbons (Fsp3) is 0.188. The van der Waals surface area contributed by atoms with Crippen LogP contribution in [0.1, 0.15) is 28.4 Å². The smallest absolute Gasteiger partial charge is 0.252 e. The molecule has 0 aromatic heterocycles. The summed E-state index contributed by atoms with van der Waals surface area (Å²) in [6, 6.07) is 13.3. The Bertz CT molecular complexity index is 628. The molecule has 1 N–H and O–H groups in total. The first-order valence-electron chi connectivity index (χ1n) is 6.42. The molecule has 20 heavy (non-hydrogen) atoms. The third kappa shape index (κ3) is 3.62. The molecule has 0 aliphatic heterocycles. The zero-order chi connectivity index (χ0) is 14.5. The predicted molar refractivity (Wildman–Crippen MR) is 86.1 cm³/mol. The number of nitrogens with one attached hydrogen (secondary N) is 1. The van der Waals surface area contributed by atoms with Crippen LogP contribution in [-0.4, -0.2) is 5.91 Å². The van der Waals surface area contributed by atoms with E-state index in [1.807, 2.05) is 18.2 Å². The van der Waals surface area contributed by atoms with Crippen molar-refractivity contribution in [3.8, 4) is 0 Å². The van der Waals surface area contributed by atoms with Crippen LogP contribution in [0.3, 0.4) is 0 Å². The first-order chi connectivity index (χ1) is 9.61. The molecule has 1 amide bonds. The molecule has 0 spiro atoms. The van der Waals surface area contributed by atoms with E-state index in [0.29, 0.717) is 21.6 Å². The number of aryl methyl sites for hydroxylation is 1. The van der Waals surface area contributed by atoms with Crippen molar-refractivity contribution in [3.05, 3.63) is 68.7 Å². The number of rotatable bonds is 4. The SMILES string of the molecule is CCc1ccccc1CNC(=O)c1ccc(Cl)cc1Br. The maximum absolute atomic E-state index is 12.2. The van der Waals surface area contributed by atoms with Crippen LogP contribution in [0.25, 0.3) is 0 Å². The summed E-state index contributed by atoms with van der Waals surface area (Å²) in [5, 5.41) is 3.54. The lowest BCUT2D eigenvalue weighted by atomic mass is 10.1. The van der Waals surface area contributed by atoms with Gasteiger partial charge in [0.2, 0.25) is 0 Å². The van der Waals surface area contributed by atoms with Crippen molar-refractivity contribution < 1.29 is 4.79 Å². The van der Waals surface area contributed by atoms with Crippen molar-refractivity contribution in [1.29, 1.82) is 0 Å². The topological polar surface area (TPSA) is 29.1 Å². The molecule has 2 aromatic carbocycles. The lowest BCUT2D eigenvalue weighted by molar-refractivity contribution is 0.0950. The Morgan fingerprint density at radius 1 is 1.20 bits per heavy atom. The van der Waals surface area contributed by atoms with Crippen LogP contribution in [0.15, 0.2) is 46.9 Å². The van der Waals surface area contributed by atoms with Crippen LogP contribution >= 0.6 is 27.5 Å². The molecule has 0 aliphatic rings. The van der Waals surface area contributed by atoms with E-state index in [1.54, 1.807) is 18.2 Å². The van der Waals surface area contributed by atoms with Gasteiger partial charge in [-0.1, -0.05) is 42.8 Å². The maximum Gasteiger partial charge on any atom is 0.252 e. The van der Waals surface area contributed by atoms with Gasteiger partial charge in [0.25, 0.3) is 5.91 Å². The Labute approximate surface area is 132 Å². The van der Waals surface area contributed by atoms with Crippen molar-refractivity contribution in [2.24, 2.45) is 0 Å². The maximum atomic E-state index is 12.2. The van der Waals surface area contributed by atoms with Gasteiger partial charge in [-0.25, -0.2) is 0 Å². The number of hydrogen-bond acceptors (Lipinski definition) is 1. The molecule has 0 aliphatic carbocycles. The Morgan fingerprint density at radius 3 is 2.55 bits per heavy atom. The molecule has 0 saturated carbocycles. The molecule has 104 valence electrons. The summed E-state index contributed by atoms with van der Waals surface area (Å²) in [5.41, 5.74) is 2.99. The minimum absolute atomic E-state index is 0.112. The first-order valence-corrected chi connectivity index (χ1v) is 7.59. The second-order valence-electron chi connectivity index (χ2n) is 4.43. The highest BCUT2D eigenvalue weighted by molar-refractivity contribution is 9.10. The Kier molecular flexibility index (Phi) is 5.21. The second-order valence-corrected chi connectivity index (χ2v) is 5.72.